The van der Waals surface area contributed by atoms with Crippen LogP contribution in [0.1, 0.15) is 39.5 Å². The molecule has 0 aliphatic carbocycles. The molecular weight excluding hydrogens is 340 g/mol. The summed E-state index contributed by atoms with van der Waals surface area (Å²) in [5, 5.41) is 18.0. The number of aryl methyl sites for hydroxylation is 2. The first-order valence-corrected chi connectivity index (χ1v) is 8.72. The molecule has 0 aliphatic heterocycles. The second-order valence-electron chi connectivity index (χ2n) is 5.70. The van der Waals surface area contributed by atoms with Crippen molar-refractivity contribution in [3.05, 3.63) is 57.3 Å². The van der Waals surface area contributed by atoms with E-state index in [4.69, 9.17) is 0 Å². The van der Waals surface area contributed by atoms with Crippen LogP contribution in [0.25, 0.3) is 0 Å². The number of carbonyl (C=O) groups is 3. The maximum atomic E-state index is 12.0. The number of hydrogen-bond acceptors (Lipinski definition) is 4. The van der Waals surface area contributed by atoms with E-state index in [0.29, 0.717) is 11.1 Å². The lowest BCUT2D eigenvalue weighted by atomic mass is 10.0. The van der Waals surface area contributed by atoms with Crippen molar-refractivity contribution in [3.8, 4) is 0 Å². The lowest BCUT2D eigenvalue weighted by Crippen LogP contribution is -2.36. The molecule has 0 fully saturated rings. The highest BCUT2D eigenvalue weighted by Gasteiger charge is 2.22. The standard InChI is InChI=1S/C18H20N2O4S/c1-11-3-4-13(9-12(11)2)16(18(23)24)20-15(21)5-7-19-17(22)14-6-8-25-10-14/h3-4,6,8-10,16H,5,7H2,1-2H3,(H,19,22)(H,20,21)(H,23,24). The lowest BCUT2D eigenvalue weighted by molar-refractivity contribution is -0.142. The van der Waals surface area contributed by atoms with Crippen LogP contribution in [0, 0.1) is 13.8 Å². The molecule has 132 valence electrons. The van der Waals surface area contributed by atoms with Crippen LogP contribution in [-0.2, 0) is 9.59 Å². The van der Waals surface area contributed by atoms with Gasteiger partial charge in [0, 0.05) is 23.9 Å². The first kappa shape index (κ1) is 18.7. The van der Waals surface area contributed by atoms with Crippen molar-refractivity contribution in [2.75, 3.05) is 6.54 Å². The van der Waals surface area contributed by atoms with Crippen molar-refractivity contribution >= 4 is 29.1 Å². The smallest absolute Gasteiger partial charge is 0.330 e. The summed E-state index contributed by atoms with van der Waals surface area (Å²) in [5.41, 5.74) is 3.08. The molecule has 2 amide bonds. The molecule has 6 nitrogen and oxygen atoms in total. The van der Waals surface area contributed by atoms with E-state index in [1.807, 2.05) is 19.9 Å². The van der Waals surface area contributed by atoms with Gasteiger partial charge >= 0.3 is 5.97 Å². The largest absolute Gasteiger partial charge is 0.479 e. The Morgan fingerprint density at radius 3 is 2.52 bits per heavy atom. The van der Waals surface area contributed by atoms with E-state index in [2.05, 4.69) is 10.6 Å². The van der Waals surface area contributed by atoms with Gasteiger partial charge in [0.05, 0.1) is 0 Å². The van der Waals surface area contributed by atoms with Gasteiger partial charge in [-0.25, -0.2) is 4.79 Å². The summed E-state index contributed by atoms with van der Waals surface area (Å²) in [6.45, 7) is 3.96. The van der Waals surface area contributed by atoms with E-state index in [1.165, 1.54) is 11.3 Å². The maximum absolute atomic E-state index is 12.0. The van der Waals surface area contributed by atoms with Crippen LogP contribution in [0.3, 0.4) is 0 Å². The number of carboxylic acid groups (broad SMARTS) is 1. The molecule has 0 radical (unpaired) electrons. The number of rotatable bonds is 7. The summed E-state index contributed by atoms with van der Waals surface area (Å²) in [6.07, 6.45) is 0.00446. The molecule has 0 aliphatic rings. The molecule has 2 aromatic rings. The number of thiophene rings is 1. The summed E-state index contributed by atoms with van der Waals surface area (Å²) in [4.78, 5) is 35.3. The number of nitrogens with one attached hydrogen (secondary N) is 2. The Kier molecular flexibility index (Phi) is 6.30. The third kappa shape index (κ3) is 5.15. The molecule has 2 rings (SSSR count). The minimum absolute atomic E-state index is 0.00446. The molecule has 1 atom stereocenters. The van der Waals surface area contributed by atoms with Crippen molar-refractivity contribution in [1.29, 1.82) is 0 Å². The molecular formula is C18H20N2O4S. The van der Waals surface area contributed by atoms with Gasteiger partial charge in [0.1, 0.15) is 0 Å². The average molecular weight is 360 g/mol. The minimum atomic E-state index is -1.13. The normalized spacial score (nSPS) is 11.6. The fourth-order valence-corrected chi connectivity index (χ4v) is 2.89. The Bertz CT molecular complexity index is 771. The summed E-state index contributed by atoms with van der Waals surface area (Å²) in [5.74, 6) is -1.81. The van der Waals surface area contributed by atoms with E-state index < -0.39 is 17.9 Å². The second kappa shape index (κ2) is 8.43. The zero-order valence-electron chi connectivity index (χ0n) is 14.0. The van der Waals surface area contributed by atoms with Gasteiger partial charge in [-0.15, -0.1) is 0 Å². The van der Waals surface area contributed by atoms with E-state index >= 15 is 0 Å². The van der Waals surface area contributed by atoms with Crippen molar-refractivity contribution in [3.63, 3.8) is 0 Å². The third-order valence-electron chi connectivity index (χ3n) is 3.84. The number of amides is 2. The van der Waals surface area contributed by atoms with Crippen molar-refractivity contribution in [2.24, 2.45) is 0 Å². The molecule has 3 N–H and O–H groups in total. The second-order valence-corrected chi connectivity index (χ2v) is 6.48. The Balaban J connectivity index is 1.90. The Morgan fingerprint density at radius 2 is 1.92 bits per heavy atom. The number of aliphatic carboxylic acids is 1. The molecule has 1 heterocycles. The number of hydrogen-bond donors (Lipinski definition) is 3. The van der Waals surface area contributed by atoms with Gasteiger partial charge in [-0.1, -0.05) is 18.2 Å². The van der Waals surface area contributed by atoms with E-state index in [-0.39, 0.29) is 18.9 Å². The highest BCUT2D eigenvalue weighted by atomic mass is 32.1. The van der Waals surface area contributed by atoms with Crippen molar-refractivity contribution in [2.45, 2.75) is 26.3 Å². The topological polar surface area (TPSA) is 95.5 Å². The zero-order valence-corrected chi connectivity index (χ0v) is 14.9. The number of carboxylic acids is 1. The van der Waals surface area contributed by atoms with Gasteiger partial charge in [-0.2, -0.15) is 11.3 Å². The van der Waals surface area contributed by atoms with Crippen LogP contribution < -0.4 is 10.6 Å². The fraction of sp³-hybridized carbons (Fsp3) is 0.278. The van der Waals surface area contributed by atoms with Gasteiger partial charge in [0.15, 0.2) is 6.04 Å². The molecule has 0 spiro atoms. The number of benzene rings is 1. The van der Waals surface area contributed by atoms with E-state index in [0.717, 1.165) is 11.1 Å². The first-order chi connectivity index (χ1) is 11.9. The lowest BCUT2D eigenvalue weighted by Gasteiger charge is -2.16. The Morgan fingerprint density at radius 1 is 1.16 bits per heavy atom. The van der Waals surface area contributed by atoms with Crippen molar-refractivity contribution < 1.29 is 19.5 Å². The summed E-state index contributed by atoms with van der Waals surface area (Å²) in [6, 6.07) is 5.86. The van der Waals surface area contributed by atoms with Crippen LogP contribution >= 0.6 is 11.3 Å². The van der Waals surface area contributed by atoms with Gasteiger partial charge in [-0.05, 0) is 42.0 Å². The summed E-state index contributed by atoms with van der Waals surface area (Å²) < 4.78 is 0. The molecule has 0 saturated heterocycles. The van der Waals surface area contributed by atoms with Crippen LogP contribution in [0.15, 0.2) is 35.0 Å². The van der Waals surface area contributed by atoms with Crippen LogP contribution in [-0.4, -0.2) is 29.4 Å². The fourth-order valence-electron chi connectivity index (χ4n) is 2.25. The van der Waals surface area contributed by atoms with Gasteiger partial charge < -0.3 is 15.7 Å². The zero-order chi connectivity index (χ0) is 18.4. The van der Waals surface area contributed by atoms with Crippen LogP contribution in [0.2, 0.25) is 0 Å². The maximum Gasteiger partial charge on any atom is 0.330 e. The third-order valence-corrected chi connectivity index (χ3v) is 4.52. The quantitative estimate of drug-likeness (QED) is 0.707. The van der Waals surface area contributed by atoms with Crippen LogP contribution in [0.4, 0.5) is 0 Å². The Hall–Kier alpha value is -2.67. The van der Waals surface area contributed by atoms with Crippen molar-refractivity contribution in [1.82, 2.24) is 10.6 Å². The van der Waals surface area contributed by atoms with Crippen LogP contribution in [0.5, 0.6) is 0 Å². The van der Waals surface area contributed by atoms with Gasteiger partial charge in [-0.3, -0.25) is 9.59 Å². The molecule has 25 heavy (non-hydrogen) atoms. The molecule has 1 unspecified atom stereocenters. The predicted octanol–water partition coefficient (Wildman–Crippen LogP) is 2.43. The SMILES string of the molecule is Cc1ccc(C(NC(=O)CCNC(=O)c2ccsc2)C(=O)O)cc1C. The predicted molar refractivity (Wildman–Crippen MR) is 95.7 cm³/mol. The molecule has 1 aromatic carbocycles. The Labute approximate surface area is 149 Å². The first-order valence-electron chi connectivity index (χ1n) is 7.78. The highest BCUT2D eigenvalue weighted by molar-refractivity contribution is 7.08. The molecule has 0 saturated carbocycles. The van der Waals surface area contributed by atoms with E-state index in [1.54, 1.807) is 29.0 Å². The van der Waals surface area contributed by atoms with Gasteiger partial charge in [0.25, 0.3) is 5.91 Å². The highest BCUT2D eigenvalue weighted by Crippen LogP contribution is 2.17. The summed E-state index contributed by atoms with van der Waals surface area (Å²) in [7, 11) is 0. The summed E-state index contributed by atoms with van der Waals surface area (Å²) >= 11 is 1.41. The monoisotopic (exact) mass is 360 g/mol. The number of carbonyl (C=O) groups excluding carboxylic acids is 2. The van der Waals surface area contributed by atoms with E-state index in [9.17, 15) is 19.5 Å². The minimum Gasteiger partial charge on any atom is -0.479 e. The van der Waals surface area contributed by atoms with Gasteiger partial charge in [0.2, 0.25) is 5.91 Å². The average Bonchev–Trinajstić information content (AvgIpc) is 3.09. The molecule has 0 bridgehead atoms. The molecule has 7 heteroatoms. The molecule has 1 aromatic heterocycles.